The van der Waals surface area contributed by atoms with Crippen molar-refractivity contribution in [1.82, 2.24) is 4.98 Å². The minimum atomic E-state index is -0.447. The summed E-state index contributed by atoms with van der Waals surface area (Å²) in [5.74, 6) is -0.447. The number of carbonyl (C=O) groups excluding carboxylic acids is 1. The van der Waals surface area contributed by atoms with E-state index in [1.807, 2.05) is 42.5 Å². The van der Waals surface area contributed by atoms with Crippen molar-refractivity contribution in [3.05, 3.63) is 66.0 Å². The summed E-state index contributed by atoms with van der Waals surface area (Å²) >= 11 is 0. The molecule has 4 nitrogen and oxygen atoms in total. The fraction of sp³-hybridized carbons (Fsp3) is 0.0714. The zero-order chi connectivity index (χ0) is 12.8. The van der Waals surface area contributed by atoms with Gasteiger partial charge < -0.3 is 4.84 Å². The summed E-state index contributed by atoms with van der Waals surface area (Å²) in [4.78, 5) is 19.6. The standard InChI is InChI=1S/C14H12N2O2/c1-11(17)18-16-14(12-5-3-2-4-6-12)13-7-9-15-10-8-13/h2-10H,1H3. The summed E-state index contributed by atoms with van der Waals surface area (Å²) < 4.78 is 0. The van der Waals surface area contributed by atoms with Crippen LogP contribution in [0.25, 0.3) is 0 Å². The first-order valence-corrected chi connectivity index (χ1v) is 5.49. The predicted molar refractivity (Wildman–Crippen MR) is 68.1 cm³/mol. The zero-order valence-corrected chi connectivity index (χ0v) is 9.91. The molecule has 0 atom stereocenters. The van der Waals surface area contributed by atoms with Crippen LogP contribution in [0.1, 0.15) is 18.1 Å². The normalized spacial score (nSPS) is 11.1. The molecule has 0 aliphatic heterocycles. The van der Waals surface area contributed by atoms with Crippen molar-refractivity contribution in [2.75, 3.05) is 0 Å². The summed E-state index contributed by atoms with van der Waals surface area (Å²) in [6.07, 6.45) is 3.34. The molecule has 0 saturated heterocycles. The molecule has 0 aliphatic rings. The molecule has 2 aromatic rings. The minimum absolute atomic E-state index is 0.447. The number of pyridine rings is 1. The SMILES string of the molecule is CC(=O)ON=C(c1ccccc1)c1ccncc1. The van der Waals surface area contributed by atoms with E-state index in [0.29, 0.717) is 5.71 Å². The molecule has 1 aromatic heterocycles. The van der Waals surface area contributed by atoms with Crippen molar-refractivity contribution in [1.29, 1.82) is 0 Å². The van der Waals surface area contributed by atoms with Crippen molar-refractivity contribution in [2.24, 2.45) is 5.16 Å². The van der Waals surface area contributed by atoms with Gasteiger partial charge in [0.25, 0.3) is 0 Å². The molecule has 4 heteroatoms. The predicted octanol–water partition coefficient (Wildman–Crippen LogP) is 2.40. The first-order valence-electron chi connectivity index (χ1n) is 5.49. The smallest absolute Gasteiger partial charge is 0.318 e. The highest BCUT2D eigenvalue weighted by Crippen LogP contribution is 2.10. The molecule has 1 heterocycles. The molecule has 1 aromatic carbocycles. The van der Waals surface area contributed by atoms with Gasteiger partial charge in [0.15, 0.2) is 0 Å². The topological polar surface area (TPSA) is 51.5 Å². The molecule has 90 valence electrons. The van der Waals surface area contributed by atoms with Crippen LogP contribution in [0.4, 0.5) is 0 Å². The van der Waals surface area contributed by atoms with Gasteiger partial charge in [0, 0.05) is 30.4 Å². The molecule has 0 spiro atoms. The largest absolute Gasteiger partial charge is 0.332 e. The third-order valence-electron chi connectivity index (χ3n) is 2.27. The second kappa shape index (κ2) is 5.72. The van der Waals surface area contributed by atoms with E-state index in [4.69, 9.17) is 4.84 Å². The van der Waals surface area contributed by atoms with E-state index >= 15 is 0 Å². The average Bonchev–Trinajstić information content (AvgIpc) is 2.41. The maximum Gasteiger partial charge on any atom is 0.332 e. The first-order chi connectivity index (χ1) is 8.77. The van der Waals surface area contributed by atoms with Gasteiger partial charge in [-0.15, -0.1) is 0 Å². The highest BCUT2D eigenvalue weighted by atomic mass is 16.7. The van der Waals surface area contributed by atoms with Gasteiger partial charge in [-0.25, -0.2) is 4.79 Å². The van der Waals surface area contributed by atoms with E-state index in [9.17, 15) is 4.79 Å². The fourth-order valence-corrected chi connectivity index (χ4v) is 1.49. The Balaban J connectivity index is 2.42. The third kappa shape index (κ3) is 3.01. The van der Waals surface area contributed by atoms with Gasteiger partial charge in [-0.2, -0.15) is 0 Å². The Kier molecular flexibility index (Phi) is 3.81. The van der Waals surface area contributed by atoms with Gasteiger partial charge in [-0.05, 0) is 12.1 Å². The highest BCUT2D eigenvalue weighted by Gasteiger charge is 2.07. The van der Waals surface area contributed by atoms with Crippen LogP contribution < -0.4 is 0 Å². The molecule has 0 unspecified atom stereocenters. The number of benzene rings is 1. The van der Waals surface area contributed by atoms with E-state index in [0.717, 1.165) is 11.1 Å². The third-order valence-corrected chi connectivity index (χ3v) is 2.27. The van der Waals surface area contributed by atoms with E-state index < -0.39 is 5.97 Å². The van der Waals surface area contributed by atoms with E-state index in [1.165, 1.54) is 6.92 Å². The van der Waals surface area contributed by atoms with Crippen LogP contribution in [0.3, 0.4) is 0 Å². The molecular weight excluding hydrogens is 228 g/mol. The van der Waals surface area contributed by atoms with Crippen molar-refractivity contribution in [3.8, 4) is 0 Å². The van der Waals surface area contributed by atoms with Crippen molar-refractivity contribution in [3.63, 3.8) is 0 Å². The van der Waals surface area contributed by atoms with Crippen LogP contribution in [-0.2, 0) is 9.63 Å². The van der Waals surface area contributed by atoms with Gasteiger partial charge in [0.2, 0.25) is 0 Å². The lowest BCUT2D eigenvalue weighted by Crippen LogP contribution is -2.05. The molecule has 0 aliphatic carbocycles. The monoisotopic (exact) mass is 240 g/mol. The molecule has 0 saturated carbocycles. The van der Waals surface area contributed by atoms with Crippen LogP contribution in [0.15, 0.2) is 60.0 Å². The molecule has 0 amide bonds. The van der Waals surface area contributed by atoms with Gasteiger partial charge in [-0.1, -0.05) is 35.5 Å². The second-order valence-corrected chi connectivity index (χ2v) is 3.62. The van der Waals surface area contributed by atoms with Crippen LogP contribution in [-0.4, -0.2) is 16.7 Å². The molecular formula is C14H12N2O2. The molecule has 0 bridgehead atoms. The van der Waals surface area contributed by atoms with E-state index in [-0.39, 0.29) is 0 Å². The van der Waals surface area contributed by atoms with Gasteiger partial charge in [0.1, 0.15) is 5.71 Å². The maximum absolute atomic E-state index is 10.9. The Hall–Kier alpha value is -2.49. The lowest BCUT2D eigenvalue weighted by atomic mass is 10.0. The summed E-state index contributed by atoms with van der Waals surface area (Å²) in [7, 11) is 0. The highest BCUT2D eigenvalue weighted by molar-refractivity contribution is 6.12. The molecule has 0 radical (unpaired) electrons. The van der Waals surface area contributed by atoms with E-state index in [2.05, 4.69) is 10.1 Å². The summed E-state index contributed by atoms with van der Waals surface area (Å²) in [6, 6.07) is 13.2. The van der Waals surface area contributed by atoms with Gasteiger partial charge in [0.05, 0.1) is 0 Å². The fourth-order valence-electron chi connectivity index (χ4n) is 1.49. The van der Waals surface area contributed by atoms with Crippen LogP contribution in [0.5, 0.6) is 0 Å². The minimum Gasteiger partial charge on any atom is -0.318 e. The molecule has 18 heavy (non-hydrogen) atoms. The number of aromatic nitrogens is 1. The molecule has 2 rings (SSSR count). The van der Waals surface area contributed by atoms with Crippen LogP contribution in [0, 0.1) is 0 Å². The average molecular weight is 240 g/mol. The molecule has 0 fully saturated rings. The number of oxime groups is 1. The van der Waals surface area contributed by atoms with Gasteiger partial charge in [-0.3, -0.25) is 4.98 Å². The Morgan fingerprint density at radius 3 is 2.28 bits per heavy atom. The lowest BCUT2D eigenvalue weighted by Gasteiger charge is -2.05. The Morgan fingerprint density at radius 2 is 1.67 bits per heavy atom. The van der Waals surface area contributed by atoms with Gasteiger partial charge >= 0.3 is 5.97 Å². The number of hydrogen-bond donors (Lipinski definition) is 0. The first kappa shape index (κ1) is 12.0. The van der Waals surface area contributed by atoms with Crippen molar-refractivity contribution < 1.29 is 9.63 Å². The van der Waals surface area contributed by atoms with Crippen molar-refractivity contribution >= 4 is 11.7 Å². The maximum atomic E-state index is 10.9. The number of carbonyl (C=O) groups is 1. The van der Waals surface area contributed by atoms with Crippen molar-refractivity contribution in [2.45, 2.75) is 6.92 Å². The number of nitrogens with zero attached hydrogens (tertiary/aromatic N) is 2. The number of rotatable bonds is 3. The van der Waals surface area contributed by atoms with Crippen LogP contribution in [0.2, 0.25) is 0 Å². The molecule has 0 N–H and O–H groups in total. The number of hydrogen-bond acceptors (Lipinski definition) is 4. The lowest BCUT2D eigenvalue weighted by molar-refractivity contribution is -0.140. The summed E-state index contributed by atoms with van der Waals surface area (Å²) in [6.45, 7) is 1.32. The second-order valence-electron chi connectivity index (χ2n) is 3.62. The van der Waals surface area contributed by atoms with Crippen LogP contribution >= 0.6 is 0 Å². The van der Waals surface area contributed by atoms with E-state index in [1.54, 1.807) is 12.4 Å². The summed E-state index contributed by atoms with van der Waals surface area (Å²) in [5.41, 5.74) is 2.33. The zero-order valence-electron chi connectivity index (χ0n) is 9.91. The Labute approximate surface area is 105 Å². The summed E-state index contributed by atoms with van der Waals surface area (Å²) in [5, 5.41) is 3.90. The Morgan fingerprint density at radius 1 is 1.06 bits per heavy atom. The Bertz CT molecular complexity index is 509. The quantitative estimate of drug-likeness (QED) is 0.470.